The van der Waals surface area contributed by atoms with Crippen molar-refractivity contribution in [2.24, 2.45) is 0 Å². The van der Waals surface area contributed by atoms with Crippen molar-refractivity contribution in [2.45, 2.75) is 42.8 Å². The van der Waals surface area contributed by atoms with Crippen molar-refractivity contribution in [1.82, 2.24) is 80.8 Å². The van der Waals surface area contributed by atoms with Crippen molar-refractivity contribution in [2.75, 3.05) is 16.0 Å². The van der Waals surface area contributed by atoms with Crippen molar-refractivity contribution in [3.8, 4) is 21.4 Å². The van der Waals surface area contributed by atoms with Gasteiger partial charge in [0.2, 0.25) is 11.6 Å². The average molecular weight is 1310 g/mol. The largest absolute Gasteiger partial charge is 0.471 e. The van der Waals surface area contributed by atoms with Gasteiger partial charge in [-0.2, -0.15) is 91.1 Å². The Labute approximate surface area is 473 Å². The van der Waals surface area contributed by atoms with Crippen LogP contribution in [0.3, 0.4) is 0 Å². The van der Waals surface area contributed by atoms with Crippen LogP contribution in [0.2, 0.25) is 5.15 Å². The SMILES string of the molecule is FC(F)(F)c1cnnc(Cl)c1.FC(F)(F)c1cnnc(N(Cc2ccc(-c3noc(C(F)(F)F)n3)s2)c2cncnc2)c1.FC(F)(F)c1cnnc(Nc2cncnc2)c1.FC(F)(F)c1nc(-c2ccc(CBr)s2)no1.Nc1cncnc1. The molecule has 0 unspecified atom stereocenters. The van der Waals surface area contributed by atoms with E-state index in [4.69, 9.17) is 17.3 Å². The minimum atomic E-state index is -4.78. The van der Waals surface area contributed by atoms with Crippen LogP contribution in [0, 0.1) is 0 Å². The number of halogens is 17. The first-order valence-corrected chi connectivity index (χ1v) is 24.7. The average Bonchev–Trinajstić information content (AvgIpc) is 4.53. The van der Waals surface area contributed by atoms with E-state index >= 15 is 0 Å². The van der Waals surface area contributed by atoms with E-state index in [0.29, 0.717) is 56.8 Å². The van der Waals surface area contributed by atoms with E-state index < -0.39 is 59.4 Å². The third kappa shape index (κ3) is 19.8. The van der Waals surface area contributed by atoms with Crippen molar-refractivity contribution in [1.29, 1.82) is 0 Å². The third-order valence-corrected chi connectivity index (χ3v) is 12.3. The van der Waals surface area contributed by atoms with Crippen molar-refractivity contribution in [3.63, 3.8) is 0 Å². The van der Waals surface area contributed by atoms with Gasteiger partial charge in [-0.1, -0.05) is 37.8 Å². The van der Waals surface area contributed by atoms with Gasteiger partial charge in [0.05, 0.1) is 106 Å². The normalized spacial score (nSPS) is 11.6. The van der Waals surface area contributed by atoms with Gasteiger partial charge in [0, 0.05) is 15.1 Å². The molecule has 21 nitrogen and oxygen atoms in total. The van der Waals surface area contributed by atoms with Crippen LogP contribution in [0.5, 0.6) is 0 Å². The first-order valence-electron chi connectivity index (χ1n) is 21.5. The van der Waals surface area contributed by atoms with Gasteiger partial charge in [-0.3, -0.25) is 0 Å². The number of nitrogens with zero attached hydrogens (tertiary/aromatic N) is 17. The molecule has 0 saturated heterocycles. The number of hydrogen-bond donors (Lipinski definition) is 2. The minimum Gasteiger partial charge on any atom is -0.396 e. The molecule has 10 aromatic heterocycles. The first kappa shape index (κ1) is 63.5. The van der Waals surface area contributed by atoms with E-state index in [1.807, 2.05) is 0 Å². The number of hydrogen-bond acceptors (Lipinski definition) is 23. The molecule has 0 bridgehead atoms. The maximum Gasteiger partial charge on any atom is 0.471 e. The highest BCUT2D eigenvalue weighted by atomic mass is 79.9. The molecule has 0 amide bonds. The Kier molecular flexibility index (Phi) is 21.3. The van der Waals surface area contributed by atoms with Gasteiger partial charge in [0.25, 0.3) is 0 Å². The van der Waals surface area contributed by atoms with E-state index in [1.54, 1.807) is 30.6 Å². The standard InChI is InChI=1S/C17H9F6N7OS.C9H6F3N5.C8H4BrF3N2OS.C5H2ClF3N2.C4H5N3/c18-16(19,20)9-3-13(28-26-4-9)30(10-5-24-8-25-6-10)7-11-1-2-12(32-11)14-27-15(31-29-14)17(21,22)23;10-9(11,12)6-1-8(17-15-2-6)16-7-3-13-5-14-4-7;9-3-4-1-2-5(16-4)6-13-7(15-14-6)8(10,11)12;6-4-1-3(2-10-11-4)5(7,8)9;5-4-1-6-3-7-2-4/h1-6,8H,7H2;1-5H,(H,16,17);1-2H,3H2;1-2H;1-3H,5H2. The zero-order valence-corrected chi connectivity index (χ0v) is 44.1. The lowest BCUT2D eigenvalue weighted by Crippen LogP contribution is -2.19. The molecule has 10 rings (SSSR count). The second-order valence-electron chi connectivity index (χ2n) is 15.0. The molecule has 83 heavy (non-hydrogen) atoms. The maximum atomic E-state index is 13.1. The van der Waals surface area contributed by atoms with Crippen LogP contribution in [-0.2, 0) is 42.8 Å². The number of nitrogens with one attached hydrogen (secondary N) is 1. The summed E-state index contributed by atoms with van der Waals surface area (Å²) in [5.41, 5.74) is 3.84. The topological polar surface area (TPSA) is 274 Å². The number of rotatable bonds is 9. The van der Waals surface area contributed by atoms with Crippen LogP contribution in [0.25, 0.3) is 21.4 Å². The maximum absolute atomic E-state index is 13.1. The quantitative estimate of drug-likeness (QED) is 0.100. The Hall–Kier alpha value is -8.72. The molecular weight excluding hydrogens is 1280 g/mol. The van der Waals surface area contributed by atoms with Gasteiger partial charge < -0.3 is 25.0 Å². The molecule has 10 heterocycles. The molecular formula is C43H26BrClF15N19O2S2. The Morgan fingerprint density at radius 2 is 0.976 bits per heavy atom. The summed E-state index contributed by atoms with van der Waals surface area (Å²) in [6.07, 6.45) is -8.32. The number of aromatic nitrogens is 16. The summed E-state index contributed by atoms with van der Waals surface area (Å²) in [5.74, 6) is -3.24. The monoisotopic (exact) mass is 1300 g/mol. The van der Waals surface area contributed by atoms with Crippen LogP contribution < -0.4 is 16.0 Å². The van der Waals surface area contributed by atoms with E-state index in [0.717, 1.165) is 28.3 Å². The molecule has 0 radical (unpaired) electrons. The minimum absolute atomic E-state index is 0.00197. The Morgan fingerprint density at radius 1 is 0.530 bits per heavy atom. The fourth-order valence-electron chi connectivity index (χ4n) is 5.46. The number of alkyl halides is 16. The van der Waals surface area contributed by atoms with Crippen molar-refractivity contribution < 1.29 is 74.9 Å². The third-order valence-electron chi connectivity index (χ3n) is 9.00. The molecule has 0 aliphatic heterocycles. The van der Waals surface area contributed by atoms with Crippen molar-refractivity contribution in [3.05, 3.63) is 161 Å². The summed E-state index contributed by atoms with van der Waals surface area (Å²) >= 11 is 10.8. The van der Waals surface area contributed by atoms with E-state index in [9.17, 15) is 65.9 Å². The Balaban J connectivity index is 0.000000183. The van der Waals surface area contributed by atoms with Gasteiger partial charge in [0.15, 0.2) is 16.8 Å². The van der Waals surface area contributed by atoms with E-state index in [2.05, 4.69) is 111 Å². The van der Waals surface area contributed by atoms with Gasteiger partial charge in [-0.25, -0.2) is 29.9 Å². The van der Waals surface area contributed by atoms with Gasteiger partial charge in [-0.15, -0.1) is 38.0 Å². The Morgan fingerprint density at radius 3 is 1.41 bits per heavy atom. The summed E-state index contributed by atoms with van der Waals surface area (Å²) in [6, 6.07) is 8.90. The number of thiophene rings is 2. The first-order chi connectivity index (χ1) is 39.1. The summed E-state index contributed by atoms with van der Waals surface area (Å²) in [7, 11) is 0. The molecule has 0 atom stereocenters. The Bertz CT molecular complexity index is 3600. The summed E-state index contributed by atoms with van der Waals surface area (Å²) in [4.78, 5) is 32.8. The molecule has 0 aromatic carbocycles. The molecule has 0 aliphatic carbocycles. The van der Waals surface area contributed by atoms with Crippen LogP contribution in [0.15, 0.2) is 126 Å². The molecule has 40 heteroatoms. The zero-order valence-electron chi connectivity index (χ0n) is 40.1. The van der Waals surface area contributed by atoms with Crippen LogP contribution in [0.4, 0.5) is 94.6 Å². The summed E-state index contributed by atoms with van der Waals surface area (Å²) in [5, 5.41) is 29.8. The molecule has 10 aromatic rings. The predicted molar refractivity (Wildman–Crippen MR) is 264 cm³/mol. The predicted octanol–water partition coefficient (Wildman–Crippen LogP) is 12.7. The molecule has 436 valence electrons. The summed E-state index contributed by atoms with van der Waals surface area (Å²) < 4.78 is 195. The van der Waals surface area contributed by atoms with Crippen LogP contribution in [0.1, 0.15) is 38.2 Å². The van der Waals surface area contributed by atoms with Crippen molar-refractivity contribution >= 4 is 78.9 Å². The molecule has 0 saturated carbocycles. The zero-order chi connectivity index (χ0) is 60.6. The van der Waals surface area contributed by atoms with Gasteiger partial charge in [-0.05, 0) is 42.5 Å². The summed E-state index contributed by atoms with van der Waals surface area (Å²) in [6.45, 7) is -0.00197. The highest BCUT2D eigenvalue weighted by molar-refractivity contribution is 9.08. The smallest absolute Gasteiger partial charge is 0.396 e. The highest BCUT2D eigenvalue weighted by Crippen LogP contribution is 2.37. The molecule has 0 fully saturated rings. The second-order valence-corrected chi connectivity index (χ2v) is 18.3. The lowest BCUT2D eigenvalue weighted by atomic mass is 10.2. The van der Waals surface area contributed by atoms with Gasteiger partial charge in [0.1, 0.15) is 19.0 Å². The molecule has 0 spiro atoms. The fraction of sp³-hybridized carbons (Fsp3) is 0.163. The van der Waals surface area contributed by atoms with Crippen LogP contribution >= 0.6 is 50.2 Å². The number of anilines is 5. The number of nitrogen functional groups attached to an aromatic ring is 1. The highest BCUT2D eigenvalue weighted by Gasteiger charge is 2.40. The fourth-order valence-corrected chi connectivity index (χ4v) is 7.86. The van der Waals surface area contributed by atoms with E-state index in [-0.39, 0.29) is 39.9 Å². The molecule has 0 aliphatic rings. The molecule has 3 N–H and O–H groups in total. The van der Waals surface area contributed by atoms with E-state index in [1.165, 1.54) is 66.1 Å². The lowest BCUT2D eigenvalue weighted by molar-refractivity contribution is -0.160. The van der Waals surface area contributed by atoms with Gasteiger partial charge >= 0.3 is 42.7 Å². The number of nitrogens with two attached hydrogens (primary N) is 1. The van der Waals surface area contributed by atoms with Crippen LogP contribution in [-0.4, -0.2) is 80.8 Å². The second kappa shape index (κ2) is 27.8. The lowest BCUT2D eigenvalue weighted by Gasteiger charge is -2.22.